The highest BCUT2D eigenvalue weighted by atomic mass is 32.2. The van der Waals surface area contributed by atoms with E-state index < -0.39 is 22.0 Å². The van der Waals surface area contributed by atoms with Gasteiger partial charge in [-0.15, -0.1) is 11.3 Å². The SMILES string of the molecule is CC(C)[C@@H](NS(=O)(=O)c1ccc2nc(SCc3ccccc3)sc2c1)C(=O)O. The Bertz CT molecular complexity index is 1080. The largest absolute Gasteiger partial charge is 0.480 e. The molecule has 2 N–H and O–H groups in total. The van der Waals surface area contributed by atoms with Crippen LogP contribution in [0.4, 0.5) is 0 Å². The molecule has 1 atom stereocenters. The molecule has 9 heteroatoms. The monoisotopic (exact) mass is 436 g/mol. The molecule has 3 rings (SSSR count). The van der Waals surface area contributed by atoms with Gasteiger partial charge in [-0.2, -0.15) is 4.72 Å². The average molecular weight is 437 g/mol. The summed E-state index contributed by atoms with van der Waals surface area (Å²) in [4.78, 5) is 15.9. The van der Waals surface area contributed by atoms with Crippen molar-refractivity contribution in [2.24, 2.45) is 5.92 Å². The number of hydrogen-bond donors (Lipinski definition) is 2. The van der Waals surface area contributed by atoms with E-state index in [1.54, 1.807) is 37.7 Å². The summed E-state index contributed by atoms with van der Waals surface area (Å²) in [5, 5.41) is 9.24. The van der Waals surface area contributed by atoms with Crippen LogP contribution in [-0.4, -0.2) is 30.5 Å². The van der Waals surface area contributed by atoms with Crippen LogP contribution >= 0.6 is 23.1 Å². The second-order valence-corrected chi connectivity index (χ2v) is 10.5. The van der Waals surface area contributed by atoms with E-state index in [0.717, 1.165) is 20.3 Å². The minimum atomic E-state index is -3.95. The Balaban J connectivity index is 1.80. The fourth-order valence-corrected chi connectivity index (χ4v) is 6.04. The van der Waals surface area contributed by atoms with Gasteiger partial charge in [0.05, 0.1) is 15.1 Å². The molecule has 0 saturated heterocycles. The van der Waals surface area contributed by atoms with Crippen LogP contribution in [0.15, 0.2) is 57.8 Å². The number of hydrogen-bond acceptors (Lipinski definition) is 6. The number of fused-ring (bicyclic) bond motifs is 1. The third-order valence-electron chi connectivity index (χ3n) is 4.07. The van der Waals surface area contributed by atoms with Gasteiger partial charge in [0.1, 0.15) is 6.04 Å². The van der Waals surface area contributed by atoms with Crippen LogP contribution in [0.1, 0.15) is 19.4 Å². The lowest BCUT2D eigenvalue weighted by atomic mass is 10.1. The molecule has 0 aliphatic carbocycles. The summed E-state index contributed by atoms with van der Waals surface area (Å²) >= 11 is 3.02. The molecule has 0 amide bonds. The van der Waals surface area contributed by atoms with Crippen molar-refractivity contribution in [1.82, 2.24) is 9.71 Å². The Labute approximate surface area is 172 Å². The molecule has 0 saturated carbocycles. The van der Waals surface area contributed by atoms with E-state index in [1.807, 2.05) is 30.3 Å². The fraction of sp³-hybridized carbons (Fsp3) is 0.263. The lowest BCUT2D eigenvalue weighted by molar-refractivity contribution is -0.140. The zero-order valence-corrected chi connectivity index (χ0v) is 17.8. The first-order valence-electron chi connectivity index (χ1n) is 8.59. The van der Waals surface area contributed by atoms with Gasteiger partial charge in [-0.05, 0) is 29.7 Å². The van der Waals surface area contributed by atoms with Crippen molar-refractivity contribution in [3.05, 3.63) is 54.1 Å². The normalized spacial score (nSPS) is 13.1. The van der Waals surface area contributed by atoms with Gasteiger partial charge in [-0.25, -0.2) is 13.4 Å². The van der Waals surface area contributed by atoms with E-state index in [-0.39, 0.29) is 10.8 Å². The standard InChI is InChI=1S/C19H20N2O4S3/c1-12(2)17(18(22)23)21-28(24,25)14-8-9-15-16(10-14)27-19(20-15)26-11-13-6-4-3-5-7-13/h3-10,12,17,21H,11H2,1-2H3,(H,22,23)/t17-/m1/s1. The number of thiazole rings is 1. The van der Waals surface area contributed by atoms with Crippen molar-refractivity contribution in [3.63, 3.8) is 0 Å². The molecule has 0 unspecified atom stereocenters. The van der Waals surface area contributed by atoms with Crippen molar-refractivity contribution in [1.29, 1.82) is 0 Å². The van der Waals surface area contributed by atoms with Gasteiger partial charge in [-0.3, -0.25) is 4.79 Å². The molecule has 0 bridgehead atoms. The van der Waals surface area contributed by atoms with Crippen molar-refractivity contribution >= 4 is 49.3 Å². The highest BCUT2D eigenvalue weighted by Gasteiger charge is 2.28. The molecule has 148 valence electrons. The molecular formula is C19H20N2O4S3. The minimum absolute atomic E-state index is 0.0372. The molecule has 2 aromatic carbocycles. The number of carboxylic acid groups (broad SMARTS) is 1. The van der Waals surface area contributed by atoms with Crippen molar-refractivity contribution < 1.29 is 18.3 Å². The van der Waals surface area contributed by atoms with E-state index >= 15 is 0 Å². The number of aliphatic carboxylic acids is 1. The summed E-state index contributed by atoms with van der Waals surface area (Å²) in [6.45, 7) is 3.31. The fourth-order valence-electron chi connectivity index (χ4n) is 2.54. The molecule has 28 heavy (non-hydrogen) atoms. The Morgan fingerprint density at radius 2 is 1.93 bits per heavy atom. The average Bonchev–Trinajstić information content (AvgIpc) is 3.07. The minimum Gasteiger partial charge on any atom is -0.480 e. The van der Waals surface area contributed by atoms with Crippen LogP contribution in [0.5, 0.6) is 0 Å². The zero-order valence-electron chi connectivity index (χ0n) is 15.3. The number of rotatable bonds is 8. The maximum atomic E-state index is 12.6. The number of benzene rings is 2. The first-order chi connectivity index (χ1) is 13.3. The van der Waals surface area contributed by atoms with Crippen LogP contribution in [0.2, 0.25) is 0 Å². The van der Waals surface area contributed by atoms with E-state index in [0.29, 0.717) is 0 Å². The van der Waals surface area contributed by atoms with Gasteiger partial charge >= 0.3 is 5.97 Å². The first kappa shape index (κ1) is 20.8. The maximum Gasteiger partial charge on any atom is 0.322 e. The van der Waals surface area contributed by atoms with Crippen LogP contribution in [0, 0.1) is 5.92 Å². The number of carbonyl (C=O) groups is 1. The van der Waals surface area contributed by atoms with Gasteiger partial charge in [-0.1, -0.05) is 55.9 Å². The van der Waals surface area contributed by atoms with E-state index in [4.69, 9.17) is 0 Å². The Morgan fingerprint density at radius 3 is 2.57 bits per heavy atom. The lowest BCUT2D eigenvalue weighted by Gasteiger charge is -2.17. The molecule has 3 aromatic rings. The number of sulfonamides is 1. The van der Waals surface area contributed by atoms with Crippen molar-refractivity contribution in [2.75, 3.05) is 0 Å². The van der Waals surface area contributed by atoms with Crippen molar-refractivity contribution in [2.45, 2.75) is 34.9 Å². The molecule has 1 aromatic heterocycles. The molecule has 1 heterocycles. The predicted molar refractivity (Wildman–Crippen MR) is 112 cm³/mol. The maximum absolute atomic E-state index is 12.6. The highest BCUT2D eigenvalue weighted by molar-refractivity contribution is 8.00. The first-order valence-corrected chi connectivity index (χ1v) is 11.9. The van der Waals surface area contributed by atoms with Gasteiger partial charge in [0.2, 0.25) is 10.0 Å². The van der Waals surface area contributed by atoms with E-state index in [9.17, 15) is 18.3 Å². The molecule has 0 spiro atoms. The van der Waals surface area contributed by atoms with E-state index in [2.05, 4.69) is 9.71 Å². The predicted octanol–water partition coefficient (Wildman–Crippen LogP) is 3.98. The Morgan fingerprint density at radius 1 is 1.21 bits per heavy atom. The van der Waals surface area contributed by atoms with Crippen LogP contribution in [-0.2, 0) is 20.6 Å². The number of thioether (sulfide) groups is 1. The van der Waals surface area contributed by atoms with Crippen LogP contribution in [0.3, 0.4) is 0 Å². The summed E-state index contributed by atoms with van der Waals surface area (Å²) in [7, 11) is -3.95. The molecule has 0 radical (unpaired) electrons. The number of carboxylic acids is 1. The van der Waals surface area contributed by atoms with Crippen LogP contribution < -0.4 is 4.72 Å². The van der Waals surface area contributed by atoms with Crippen LogP contribution in [0.25, 0.3) is 10.2 Å². The number of aromatic nitrogens is 1. The third kappa shape index (κ3) is 4.91. The molecule has 0 aliphatic heterocycles. The topological polar surface area (TPSA) is 96.4 Å². The smallest absolute Gasteiger partial charge is 0.322 e. The van der Waals surface area contributed by atoms with Gasteiger partial charge in [0, 0.05) is 5.75 Å². The van der Waals surface area contributed by atoms with E-state index in [1.165, 1.54) is 23.0 Å². The summed E-state index contributed by atoms with van der Waals surface area (Å²) in [6, 6.07) is 13.5. The highest BCUT2D eigenvalue weighted by Crippen LogP contribution is 2.32. The van der Waals surface area contributed by atoms with Gasteiger partial charge in [0.25, 0.3) is 0 Å². The molecule has 0 fully saturated rings. The van der Waals surface area contributed by atoms with Crippen molar-refractivity contribution in [3.8, 4) is 0 Å². The molecule has 0 aliphatic rings. The number of nitrogens with zero attached hydrogens (tertiary/aromatic N) is 1. The third-order valence-corrected chi connectivity index (χ3v) is 7.74. The zero-order chi connectivity index (χ0) is 20.3. The Kier molecular flexibility index (Phi) is 6.39. The Hall–Kier alpha value is -1.94. The number of nitrogens with one attached hydrogen (secondary N) is 1. The molecular weight excluding hydrogens is 416 g/mol. The summed E-state index contributed by atoms with van der Waals surface area (Å²) < 4.78 is 29.1. The lowest BCUT2D eigenvalue weighted by Crippen LogP contribution is -2.44. The quantitative estimate of drug-likeness (QED) is 0.519. The summed E-state index contributed by atoms with van der Waals surface area (Å²) in [5.41, 5.74) is 1.91. The second-order valence-electron chi connectivity index (χ2n) is 6.56. The second kappa shape index (κ2) is 8.60. The summed E-state index contributed by atoms with van der Waals surface area (Å²) in [5.74, 6) is -0.792. The molecule has 6 nitrogen and oxygen atoms in total. The van der Waals surface area contributed by atoms with Gasteiger partial charge < -0.3 is 5.11 Å². The van der Waals surface area contributed by atoms with Gasteiger partial charge in [0.15, 0.2) is 4.34 Å². The summed E-state index contributed by atoms with van der Waals surface area (Å²) in [6.07, 6.45) is 0.